The van der Waals surface area contributed by atoms with Gasteiger partial charge in [-0.15, -0.1) is 0 Å². The fourth-order valence-electron chi connectivity index (χ4n) is 3.04. The predicted octanol–water partition coefficient (Wildman–Crippen LogP) is 2.32. The molecule has 1 amide bonds. The third-order valence-electron chi connectivity index (χ3n) is 4.26. The highest BCUT2D eigenvalue weighted by atomic mass is 32.2. The van der Waals surface area contributed by atoms with Crippen molar-refractivity contribution in [2.75, 3.05) is 5.32 Å². The van der Waals surface area contributed by atoms with E-state index >= 15 is 0 Å². The number of benzene rings is 1. The van der Waals surface area contributed by atoms with E-state index in [2.05, 4.69) is 5.32 Å². The van der Waals surface area contributed by atoms with Crippen molar-refractivity contribution in [1.82, 2.24) is 0 Å². The van der Waals surface area contributed by atoms with Crippen LogP contribution >= 0.6 is 0 Å². The van der Waals surface area contributed by atoms with Crippen LogP contribution in [0.4, 0.5) is 5.69 Å². The Bertz CT molecular complexity index is 989. The van der Waals surface area contributed by atoms with Crippen molar-refractivity contribution in [3.05, 3.63) is 46.4 Å². The molecule has 1 aliphatic rings. The van der Waals surface area contributed by atoms with Gasteiger partial charge in [-0.05, 0) is 38.0 Å². The van der Waals surface area contributed by atoms with Crippen LogP contribution < -0.4 is 10.5 Å². The molecule has 0 fully saturated rings. The Morgan fingerprint density at radius 3 is 2.60 bits per heavy atom. The van der Waals surface area contributed by atoms with Gasteiger partial charge in [0.15, 0.2) is 11.5 Å². The first-order valence-electron chi connectivity index (χ1n) is 7.78. The zero-order valence-electron chi connectivity index (χ0n) is 13.9. The number of sulfonamides is 1. The molecule has 3 N–H and O–H groups in total. The Kier molecular flexibility index (Phi) is 4.26. The lowest BCUT2D eigenvalue weighted by Gasteiger charge is -2.08. The van der Waals surface area contributed by atoms with Crippen LogP contribution in [0.15, 0.2) is 27.5 Å². The van der Waals surface area contributed by atoms with Crippen LogP contribution in [0, 0.1) is 13.8 Å². The van der Waals surface area contributed by atoms with E-state index in [0.717, 1.165) is 0 Å². The Balaban J connectivity index is 1.93. The summed E-state index contributed by atoms with van der Waals surface area (Å²) in [5, 5.41) is 7.78. The van der Waals surface area contributed by atoms with E-state index < -0.39 is 15.9 Å². The van der Waals surface area contributed by atoms with Gasteiger partial charge < -0.3 is 9.73 Å². The average Bonchev–Trinajstić information content (AvgIpc) is 2.86. The number of hydrogen-bond donors (Lipinski definition) is 2. The number of carbonyl (C=O) groups excluding carboxylic acids is 2. The Hall–Kier alpha value is -2.45. The SMILES string of the molecule is Cc1ccc(NC(=O)c2oc3c(c2C)C(=O)CCC3)cc1S(N)(=O)=O. The lowest BCUT2D eigenvalue weighted by Crippen LogP contribution is -2.16. The van der Waals surface area contributed by atoms with Crippen molar-refractivity contribution in [3.63, 3.8) is 0 Å². The van der Waals surface area contributed by atoms with Gasteiger partial charge in [0.05, 0.1) is 10.5 Å². The maximum atomic E-state index is 12.5. The van der Waals surface area contributed by atoms with Gasteiger partial charge >= 0.3 is 0 Å². The maximum Gasteiger partial charge on any atom is 0.291 e. The van der Waals surface area contributed by atoms with Crippen LogP contribution in [0.5, 0.6) is 0 Å². The number of fused-ring (bicyclic) bond motifs is 1. The number of primary sulfonamides is 1. The summed E-state index contributed by atoms with van der Waals surface area (Å²) in [4.78, 5) is 24.5. The molecule has 1 heterocycles. The lowest BCUT2D eigenvalue weighted by molar-refractivity contribution is 0.0963. The molecule has 7 nitrogen and oxygen atoms in total. The molecule has 0 spiro atoms. The molecular weight excluding hydrogens is 344 g/mol. The molecule has 132 valence electrons. The number of hydrogen-bond acceptors (Lipinski definition) is 5. The van der Waals surface area contributed by atoms with Gasteiger partial charge in [-0.1, -0.05) is 6.07 Å². The topological polar surface area (TPSA) is 119 Å². The summed E-state index contributed by atoms with van der Waals surface area (Å²) >= 11 is 0. The minimum Gasteiger partial charge on any atom is -0.455 e. The van der Waals surface area contributed by atoms with Crippen LogP contribution in [0.3, 0.4) is 0 Å². The van der Waals surface area contributed by atoms with Gasteiger partial charge in [0, 0.05) is 24.1 Å². The summed E-state index contributed by atoms with van der Waals surface area (Å²) in [5.74, 6) is 0.0448. The van der Waals surface area contributed by atoms with Crippen molar-refractivity contribution < 1.29 is 22.4 Å². The highest BCUT2D eigenvalue weighted by Gasteiger charge is 2.29. The molecule has 0 atom stereocenters. The molecule has 0 bridgehead atoms. The molecule has 0 saturated heterocycles. The third kappa shape index (κ3) is 3.22. The van der Waals surface area contributed by atoms with E-state index in [9.17, 15) is 18.0 Å². The summed E-state index contributed by atoms with van der Waals surface area (Å²) in [6.07, 6.45) is 1.77. The fraction of sp³-hybridized carbons (Fsp3) is 0.294. The maximum absolute atomic E-state index is 12.5. The Morgan fingerprint density at radius 2 is 1.96 bits per heavy atom. The first-order chi connectivity index (χ1) is 11.7. The summed E-state index contributed by atoms with van der Waals surface area (Å²) in [7, 11) is -3.89. The highest BCUT2D eigenvalue weighted by molar-refractivity contribution is 7.89. The fourth-order valence-corrected chi connectivity index (χ4v) is 3.85. The third-order valence-corrected chi connectivity index (χ3v) is 5.32. The standard InChI is InChI=1S/C17H18N2O5S/c1-9-6-7-11(8-14(9)25(18,22)23)19-17(21)16-10(2)15-12(20)4-3-5-13(15)24-16/h6-8H,3-5H2,1-2H3,(H,19,21)(H2,18,22,23). The second kappa shape index (κ2) is 6.12. The molecule has 0 radical (unpaired) electrons. The quantitative estimate of drug-likeness (QED) is 0.868. The summed E-state index contributed by atoms with van der Waals surface area (Å²) < 4.78 is 28.8. The molecule has 1 aliphatic carbocycles. The average molecular weight is 362 g/mol. The van der Waals surface area contributed by atoms with Crippen LogP contribution in [-0.2, 0) is 16.4 Å². The van der Waals surface area contributed by atoms with E-state index in [0.29, 0.717) is 41.7 Å². The summed E-state index contributed by atoms with van der Waals surface area (Å²) in [6, 6.07) is 4.43. The number of furan rings is 1. The summed E-state index contributed by atoms with van der Waals surface area (Å²) in [5.41, 5.74) is 1.76. The van der Waals surface area contributed by atoms with Crippen LogP contribution in [0.2, 0.25) is 0 Å². The van der Waals surface area contributed by atoms with E-state index in [1.54, 1.807) is 26.0 Å². The van der Waals surface area contributed by atoms with Crippen molar-refractivity contribution in [2.45, 2.75) is 38.0 Å². The normalized spacial score (nSPS) is 14.3. The first kappa shape index (κ1) is 17.4. The number of rotatable bonds is 3. The second-order valence-corrected chi connectivity index (χ2v) is 7.64. The minimum atomic E-state index is -3.89. The van der Waals surface area contributed by atoms with Gasteiger partial charge in [-0.2, -0.15) is 0 Å². The van der Waals surface area contributed by atoms with E-state index in [-0.39, 0.29) is 22.1 Å². The zero-order chi connectivity index (χ0) is 18.4. The number of amides is 1. The largest absolute Gasteiger partial charge is 0.455 e. The van der Waals surface area contributed by atoms with Crippen LogP contribution in [-0.4, -0.2) is 20.1 Å². The lowest BCUT2D eigenvalue weighted by atomic mass is 9.94. The molecule has 25 heavy (non-hydrogen) atoms. The number of anilines is 1. The molecule has 0 saturated carbocycles. The van der Waals surface area contributed by atoms with Crippen molar-refractivity contribution in [2.24, 2.45) is 5.14 Å². The van der Waals surface area contributed by atoms with E-state index in [1.807, 2.05) is 0 Å². The van der Waals surface area contributed by atoms with Gasteiger partial charge in [0.2, 0.25) is 10.0 Å². The van der Waals surface area contributed by atoms with Crippen molar-refractivity contribution >= 4 is 27.4 Å². The van der Waals surface area contributed by atoms with E-state index in [4.69, 9.17) is 9.56 Å². The number of ketones is 1. The van der Waals surface area contributed by atoms with E-state index in [1.165, 1.54) is 6.07 Å². The van der Waals surface area contributed by atoms with Gasteiger partial charge in [-0.25, -0.2) is 13.6 Å². The molecule has 1 aromatic heterocycles. The first-order valence-corrected chi connectivity index (χ1v) is 9.33. The van der Waals surface area contributed by atoms with Crippen molar-refractivity contribution in [1.29, 1.82) is 0 Å². The minimum absolute atomic E-state index is 0.0200. The van der Waals surface area contributed by atoms with Crippen molar-refractivity contribution in [3.8, 4) is 0 Å². The predicted molar refractivity (Wildman–Crippen MR) is 91.2 cm³/mol. The smallest absolute Gasteiger partial charge is 0.291 e. The second-order valence-electron chi connectivity index (χ2n) is 6.11. The van der Waals surface area contributed by atoms with Gasteiger partial charge in [0.1, 0.15) is 5.76 Å². The molecule has 0 aliphatic heterocycles. The number of nitrogens with one attached hydrogen (secondary N) is 1. The molecular formula is C17H18N2O5S. The Morgan fingerprint density at radius 1 is 1.24 bits per heavy atom. The van der Waals surface area contributed by atoms with Crippen LogP contribution in [0.25, 0.3) is 0 Å². The zero-order valence-corrected chi connectivity index (χ0v) is 14.7. The number of nitrogens with two attached hydrogens (primary N) is 1. The van der Waals surface area contributed by atoms with Gasteiger partial charge in [-0.3, -0.25) is 9.59 Å². The number of carbonyl (C=O) groups is 2. The van der Waals surface area contributed by atoms with Crippen LogP contribution in [0.1, 0.15) is 50.6 Å². The number of aryl methyl sites for hydroxylation is 2. The number of Topliss-reactive ketones (excluding diaryl/α,β-unsaturated/α-hetero) is 1. The molecule has 8 heteroatoms. The Labute approximate surface area is 145 Å². The monoisotopic (exact) mass is 362 g/mol. The summed E-state index contributed by atoms with van der Waals surface area (Å²) in [6.45, 7) is 3.28. The molecule has 3 rings (SSSR count). The molecule has 0 unspecified atom stereocenters. The molecule has 1 aromatic carbocycles. The van der Waals surface area contributed by atoms with Gasteiger partial charge in [0.25, 0.3) is 5.91 Å². The highest BCUT2D eigenvalue weighted by Crippen LogP contribution is 2.30. The molecule has 2 aromatic rings.